The van der Waals surface area contributed by atoms with E-state index in [2.05, 4.69) is 10.6 Å². The molecular formula is C13H17N3O2. The molecule has 0 heterocycles. The highest BCUT2D eigenvalue weighted by molar-refractivity contribution is 5.94. The molecule has 96 valence electrons. The van der Waals surface area contributed by atoms with E-state index in [4.69, 9.17) is 5.73 Å². The van der Waals surface area contributed by atoms with Gasteiger partial charge in [0.15, 0.2) is 0 Å². The van der Waals surface area contributed by atoms with Crippen LogP contribution in [0.5, 0.6) is 0 Å². The average molecular weight is 247 g/mol. The van der Waals surface area contributed by atoms with Gasteiger partial charge in [-0.2, -0.15) is 0 Å². The van der Waals surface area contributed by atoms with Crippen molar-refractivity contribution in [2.75, 3.05) is 18.8 Å². The van der Waals surface area contributed by atoms with Crippen LogP contribution in [0.4, 0.5) is 5.69 Å². The second-order valence-corrected chi connectivity index (χ2v) is 4.44. The van der Waals surface area contributed by atoms with Gasteiger partial charge in [0.1, 0.15) is 0 Å². The number of carbonyl (C=O) groups excluding carboxylic acids is 2. The molecule has 0 bridgehead atoms. The highest BCUT2D eigenvalue weighted by Gasteiger charge is 2.28. The minimum atomic E-state index is -0.157. The smallest absolute Gasteiger partial charge is 0.251 e. The van der Waals surface area contributed by atoms with E-state index in [9.17, 15) is 9.59 Å². The van der Waals surface area contributed by atoms with Crippen molar-refractivity contribution in [2.45, 2.75) is 12.8 Å². The van der Waals surface area contributed by atoms with Crippen LogP contribution in [0.2, 0.25) is 0 Å². The number of benzene rings is 1. The molecule has 0 atom stereocenters. The third-order valence-electron chi connectivity index (χ3n) is 2.83. The monoisotopic (exact) mass is 247 g/mol. The molecule has 1 aromatic rings. The van der Waals surface area contributed by atoms with Crippen LogP contribution in [0, 0.1) is 5.92 Å². The molecule has 0 aromatic heterocycles. The molecule has 1 saturated carbocycles. The first kappa shape index (κ1) is 12.4. The SMILES string of the molecule is Nc1ccc(C(=O)NCCNC(=O)C2CC2)cc1. The minimum absolute atomic E-state index is 0.0942. The zero-order chi connectivity index (χ0) is 13.0. The van der Waals surface area contributed by atoms with E-state index in [-0.39, 0.29) is 17.7 Å². The Morgan fingerprint density at radius 2 is 1.72 bits per heavy atom. The zero-order valence-electron chi connectivity index (χ0n) is 10.1. The number of anilines is 1. The first-order chi connectivity index (χ1) is 8.66. The topological polar surface area (TPSA) is 84.2 Å². The zero-order valence-corrected chi connectivity index (χ0v) is 10.1. The van der Waals surface area contributed by atoms with E-state index < -0.39 is 0 Å². The van der Waals surface area contributed by atoms with Crippen LogP contribution < -0.4 is 16.4 Å². The van der Waals surface area contributed by atoms with Gasteiger partial charge in [-0.1, -0.05) is 0 Å². The maximum Gasteiger partial charge on any atom is 0.251 e. The van der Waals surface area contributed by atoms with Crippen molar-refractivity contribution in [3.63, 3.8) is 0 Å². The Bertz CT molecular complexity index is 438. The van der Waals surface area contributed by atoms with Crippen molar-refractivity contribution < 1.29 is 9.59 Å². The molecule has 0 saturated heterocycles. The second-order valence-electron chi connectivity index (χ2n) is 4.44. The van der Waals surface area contributed by atoms with Gasteiger partial charge in [-0.05, 0) is 37.1 Å². The van der Waals surface area contributed by atoms with Crippen LogP contribution in [-0.2, 0) is 4.79 Å². The molecule has 0 radical (unpaired) electrons. The molecule has 5 nitrogen and oxygen atoms in total. The van der Waals surface area contributed by atoms with Gasteiger partial charge in [-0.3, -0.25) is 9.59 Å². The Labute approximate surface area is 106 Å². The lowest BCUT2D eigenvalue weighted by Crippen LogP contribution is -2.35. The molecule has 18 heavy (non-hydrogen) atoms. The number of nitrogens with one attached hydrogen (secondary N) is 2. The molecule has 1 aliphatic carbocycles. The van der Waals surface area contributed by atoms with Crippen molar-refractivity contribution >= 4 is 17.5 Å². The number of amides is 2. The van der Waals surface area contributed by atoms with Crippen LogP contribution >= 0.6 is 0 Å². The third-order valence-corrected chi connectivity index (χ3v) is 2.83. The standard InChI is InChI=1S/C13H17N3O2/c14-11-5-3-10(4-6-11)13(18)16-8-7-15-12(17)9-1-2-9/h3-6,9H,1-2,7-8,14H2,(H,15,17)(H,16,18). The molecule has 1 fully saturated rings. The molecule has 0 spiro atoms. The molecule has 1 aliphatic rings. The summed E-state index contributed by atoms with van der Waals surface area (Å²) in [6.07, 6.45) is 1.98. The summed E-state index contributed by atoms with van der Waals surface area (Å²) in [5.74, 6) is 0.144. The number of hydrogen-bond donors (Lipinski definition) is 3. The fraction of sp³-hybridized carbons (Fsp3) is 0.385. The van der Waals surface area contributed by atoms with Crippen molar-refractivity contribution in [3.05, 3.63) is 29.8 Å². The molecule has 0 unspecified atom stereocenters. The van der Waals surface area contributed by atoms with E-state index in [1.807, 2.05) is 0 Å². The quantitative estimate of drug-likeness (QED) is 0.524. The predicted octanol–water partition coefficient (Wildman–Crippen LogP) is 0.525. The lowest BCUT2D eigenvalue weighted by atomic mass is 10.2. The van der Waals surface area contributed by atoms with Crippen LogP contribution in [0.1, 0.15) is 23.2 Å². The van der Waals surface area contributed by atoms with E-state index in [1.54, 1.807) is 24.3 Å². The van der Waals surface area contributed by atoms with E-state index >= 15 is 0 Å². The number of rotatable bonds is 5. The summed E-state index contributed by atoms with van der Waals surface area (Å²) in [5.41, 5.74) is 6.73. The summed E-state index contributed by atoms with van der Waals surface area (Å²) in [4.78, 5) is 23.0. The van der Waals surface area contributed by atoms with E-state index in [0.717, 1.165) is 12.8 Å². The van der Waals surface area contributed by atoms with E-state index in [1.165, 1.54) is 0 Å². The van der Waals surface area contributed by atoms with Gasteiger partial charge in [0.2, 0.25) is 5.91 Å². The molecule has 1 aromatic carbocycles. The third kappa shape index (κ3) is 3.48. The van der Waals surface area contributed by atoms with Crippen molar-refractivity contribution in [1.82, 2.24) is 10.6 Å². The summed E-state index contributed by atoms with van der Waals surface area (Å²) in [6, 6.07) is 6.72. The largest absolute Gasteiger partial charge is 0.399 e. The maximum absolute atomic E-state index is 11.7. The maximum atomic E-state index is 11.7. The molecule has 2 amide bonds. The Morgan fingerprint density at radius 3 is 2.33 bits per heavy atom. The molecular weight excluding hydrogens is 230 g/mol. The highest BCUT2D eigenvalue weighted by Crippen LogP contribution is 2.28. The van der Waals surface area contributed by atoms with Gasteiger partial charge in [0.25, 0.3) is 5.91 Å². The second kappa shape index (κ2) is 5.53. The highest BCUT2D eigenvalue weighted by atomic mass is 16.2. The van der Waals surface area contributed by atoms with Gasteiger partial charge < -0.3 is 16.4 Å². The fourth-order valence-electron chi connectivity index (χ4n) is 1.59. The Morgan fingerprint density at radius 1 is 1.11 bits per heavy atom. The first-order valence-electron chi connectivity index (χ1n) is 6.08. The first-order valence-corrected chi connectivity index (χ1v) is 6.08. The number of hydrogen-bond acceptors (Lipinski definition) is 3. The molecule has 2 rings (SSSR count). The molecule has 0 aliphatic heterocycles. The van der Waals surface area contributed by atoms with Crippen molar-refractivity contribution in [2.24, 2.45) is 5.92 Å². The summed E-state index contributed by atoms with van der Waals surface area (Å²) in [7, 11) is 0. The average Bonchev–Trinajstić information content (AvgIpc) is 3.19. The molecule has 4 N–H and O–H groups in total. The Balaban J connectivity index is 1.68. The van der Waals surface area contributed by atoms with Gasteiger partial charge in [0, 0.05) is 30.3 Å². The number of nitrogens with two attached hydrogens (primary N) is 1. The summed E-state index contributed by atoms with van der Waals surface area (Å²) in [6.45, 7) is 0.901. The van der Waals surface area contributed by atoms with Gasteiger partial charge in [-0.25, -0.2) is 0 Å². The predicted molar refractivity (Wildman–Crippen MR) is 68.9 cm³/mol. The summed E-state index contributed by atoms with van der Waals surface area (Å²) < 4.78 is 0. The fourth-order valence-corrected chi connectivity index (χ4v) is 1.59. The van der Waals surface area contributed by atoms with Crippen molar-refractivity contribution in [3.8, 4) is 0 Å². The molecule has 5 heteroatoms. The lowest BCUT2D eigenvalue weighted by Gasteiger charge is -2.06. The summed E-state index contributed by atoms with van der Waals surface area (Å²) >= 11 is 0. The van der Waals surface area contributed by atoms with Crippen LogP contribution in [0.3, 0.4) is 0 Å². The van der Waals surface area contributed by atoms with Crippen molar-refractivity contribution in [1.29, 1.82) is 0 Å². The number of carbonyl (C=O) groups is 2. The summed E-state index contributed by atoms with van der Waals surface area (Å²) in [5, 5.41) is 5.53. The van der Waals surface area contributed by atoms with E-state index in [0.29, 0.717) is 24.3 Å². The minimum Gasteiger partial charge on any atom is -0.399 e. The van der Waals surface area contributed by atoms with Gasteiger partial charge in [-0.15, -0.1) is 0 Å². The number of nitrogen functional groups attached to an aromatic ring is 1. The lowest BCUT2D eigenvalue weighted by molar-refractivity contribution is -0.122. The van der Waals surface area contributed by atoms with Crippen LogP contribution in [0.25, 0.3) is 0 Å². The van der Waals surface area contributed by atoms with Crippen LogP contribution in [0.15, 0.2) is 24.3 Å². The normalized spacial score (nSPS) is 14.0. The Kier molecular flexibility index (Phi) is 3.82. The Hall–Kier alpha value is -2.04. The van der Waals surface area contributed by atoms with Gasteiger partial charge in [0.05, 0.1) is 0 Å². The van der Waals surface area contributed by atoms with Crippen LogP contribution in [-0.4, -0.2) is 24.9 Å². The van der Waals surface area contributed by atoms with Gasteiger partial charge >= 0.3 is 0 Å².